The summed E-state index contributed by atoms with van der Waals surface area (Å²) in [5.74, 6) is 0.612. The number of carbonyl (C=O) groups excluding carboxylic acids is 2. The highest BCUT2D eigenvalue weighted by atomic mass is 79.9. The van der Waals surface area contributed by atoms with Crippen molar-refractivity contribution < 1.29 is 14.3 Å². The van der Waals surface area contributed by atoms with Crippen molar-refractivity contribution in [2.24, 2.45) is 4.99 Å². The lowest BCUT2D eigenvalue weighted by atomic mass is 10.2. The van der Waals surface area contributed by atoms with Gasteiger partial charge < -0.3 is 4.74 Å². The summed E-state index contributed by atoms with van der Waals surface area (Å²) < 4.78 is 7.04. The topological polar surface area (TPSA) is 55.7 Å². The molecule has 4 nitrogen and oxygen atoms in total. The van der Waals surface area contributed by atoms with Gasteiger partial charge in [0.2, 0.25) is 5.12 Å². The van der Waals surface area contributed by atoms with Gasteiger partial charge >= 0.3 is 5.97 Å². The summed E-state index contributed by atoms with van der Waals surface area (Å²) in [6.45, 7) is 1.33. The molecule has 0 spiro atoms. The summed E-state index contributed by atoms with van der Waals surface area (Å²) in [4.78, 5) is 27.9. The van der Waals surface area contributed by atoms with Crippen LogP contribution in [0.5, 0.6) is 5.75 Å². The van der Waals surface area contributed by atoms with E-state index in [2.05, 4.69) is 36.9 Å². The van der Waals surface area contributed by atoms with Gasteiger partial charge in [-0.2, -0.15) is 0 Å². The van der Waals surface area contributed by atoms with Crippen LogP contribution in [0.1, 0.15) is 18.1 Å². The molecule has 0 aliphatic carbocycles. The number of benzene rings is 2. The molecule has 1 heterocycles. The molecule has 0 unspecified atom stereocenters. The van der Waals surface area contributed by atoms with Crippen LogP contribution >= 0.6 is 67.0 Å². The normalized spacial score (nSPS) is 15.1. The molecular formula is C19H12Br2ClNO3S2. The molecule has 0 amide bonds. The van der Waals surface area contributed by atoms with E-state index in [0.717, 1.165) is 22.9 Å². The molecule has 0 saturated carbocycles. The zero-order chi connectivity index (χ0) is 20.3. The Balaban J connectivity index is 1.77. The van der Waals surface area contributed by atoms with Gasteiger partial charge in [-0.15, -0.1) is 0 Å². The van der Waals surface area contributed by atoms with Gasteiger partial charge in [0, 0.05) is 17.7 Å². The van der Waals surface area contributed by atoms with Gasteiger partial charge in [0.15, 0.2) is 5.75 Å². The first-order valence-corrected chi connectivity index (χ1v) is 11.7. The summed E-state index contributed by atoms with van der Waals surface area (Å²) in [6, 6.07) is 11.1. The first-order chi connectivity index (χ1) is 13.3. The molecule has 2 aromatic carbocycles. The highest BCUT2D eigenvalue weighted by Crippen LogP contribution is 2.37. The molecule has 1 aliphatic heterocycles. The molecule has 28 heavy (non-hydrogen) atoms. The Bertz CT molecular complexity index is 1000. The number of ether oxygens (including phenoxy) is 1. The summed E-state index contributed by atoms with van der Waals surface area (Å²) in [5.41, 5.74) is 2.11. The maximum Gasteiger partial charge on any atom is 0.308 e. The molecule has 9 heteroatoms. The maximum atomic E-state index is 12.3. The average molecular weight is 562 g/mol. The molecule has 0 bridgehead atoms. The fourth-order valence-electron chi connectivity index (χ4n) is 2.27. The molecular weight excluding hydrogens is 550 g/mol. The van der Waals surface area contributed by atoms with Crippen molar-refractivity contribution >= 4 is 88.5 Å². The van der Waals surface area contributed by atoms with E-state index >= 15 is 0 Å². The van der Waals surface area contributed by atoms with Crippen LogP contribution in [0.4, 0.5) is 0 Å². The van der Waals surface area contributed by atoms with E-state index in [0.29, 0.717) is 35.5 Å². The minimum absolute atomic E-state index is 0.113. The van der Waals surface area contributed by atoms with E-state index in [1.54, 1.807) is 18.2 Å². The van der Waals surface area contributed by atoms with Crippen LogP contribution in [0.25, 0.3) is 6.08 Å². The minimum atomic E-state index is -0.417. The Morgan fingerprint density at radius 1 is 1.29 bits per heavy atom. The zero-order valence-corrected chi connectivity index (χ0v) is 19.9. The van der Waals surface area contributed by atoms with Crippen molar-refractivity contribution in [2.75, 3.05) is 0 Å². The SMILES string of the molecule is CC(=O)Oc1c(Br)cc(C=C2N=C(SCc3ccccc3Cl)SC2=O)cc1Br. The summed E-state index contributed by atoms with van der Waals surface area (Å²) >= 11 is 15.5. The van der Waals surface area contributed by atoms with Crippen molar-refractivity contribution in [1.82, 2.24) is 0 Å². The number of esters is 1. The first-order valence-electron chi connectivity index (χ1n) is 7.89. The lowest BCUT2D eigenvalue weighted by Gasteiger charge is -2.08. The van der Waals surface area contributed by atoms with Crippen LogP contribution in [0.3, 0.4) is 0 Å². The molecule has 0 atom stereocenters. The predicted molar refractivity (Wildman–Crippen MR) is 124 cm³/mol. The lowest BCUT2D eigenvalue weighted by Crippen LogP contribution is -2.02. The second kappa shape index (κ2) is 9.63. The Labute approximate surface area is 192 Å². The number of hydrogen-bond acceptors (Lipinski definition) is 6. The maximum absolute atomic E-state index is 12.3. The lowest BCUT2D eigenvalue weighted by molar-refractivity contribution is -0.132. The number of rotatable bonds is 4. The zero-order valence-electron chi connectivity index (χ0n) is 14.4. The van der Waals surface area contributed by atoms with Gasteiger partial charge in [-0.3, -0.25) is 9.59 Å². The predicted octanol–water partition coefficient (Wildman–Crippen LogP) is 6.69. The van der Waals surface area contributed by atoms with Gasteiger partial charge in [0.05, 0.1) is 8.95 Å². The van der Waals surface area contributed by atoms with Gasteiger partial charge in [0.25, 0.3) is 0 Å². The number of halogens is 3. The molecule has 0 fully saturated rings. The number of nitrogens with zero attached hydrogens (tertiary/aromatic N) is 1. The van der Waals surface area contributed by atoms with Crippen LogP contribution in [0.2, 0.25) is 5.02 Å². The van der Waals surface area contributed by atoms with Crippen molar-refractivity contribution in [3.05, 3.63) is 67.2 Å². The summed E-state index contributed by atoms with van der Waals surface area (Å²) in [6.07, 6.45) is 1.70. The second-order valence-corrected chi connectivity index (χ2v) is 9.88. The van der Waals surface area contributed by atoms with Crippen LogP contribution in [0, 0.1) is 0 Å². The number of thioether (sulfide) groups is 2. The van der Waals surface area contributed by atoms with Crippen LogP contribution in [-0.4, -0.2) is 15.5 Å². The molecule has 1 aliphatic rings. The average Bonchev–Trinajstić information content (AvgIpc) is 2.97. The van der Waals surface area contributed by atoms with E-state index in [1.807, 2.05) is 24.3 Å². The number of aliphatic imine (C=N–C) groups is 1. The van der Waals surface area contributed by atoms with Gasteiger partial charge in [0.1, 0.15) is 10.1 Å². The number of carbonyl (C=O) groups is 2. The van der Waals surface area contributed by atoms with Crippen LogP contribution < -0.4 is 4.74 Å². The van der Waals surface area contributed by atoms with Crippen molar-refractivity contribution in [3.63, 3.8) is 0 Å². The molecule has 0 saturated heterocycles. The highest BCUT2D eigenvalue weighted by Gasteiger charge is 2.23. The monoisotopic (exact) mass is 559 g/mol. The Kier molecular flexibility index (Phi) is 7.44. The van der Waals surface area contributed by atoms with Crippen molar-refractivity contribution in [1.29, 1.82) is 0 Å². The Hall–Kier alpha value is -1.06. The summed E-state index contributed by atoms with van der Waals surface area (Å²) in [5, 5.41) is 0.584. The third-order valence-electron chi connectivity index (χ3n) is 3.48. The van der Waals surface area contributed by atoms with Crippen LogP contribution in [-0.2, 0) is 15.3 Å². The van der Waals surface area contributed by atoms with E-state index < -0.39 is 5.97 Å². The van der Waals surface area contributed by atoms with Gasteiger partial charge in [-0.1, -0.05) is 41.6 Å². The van der Waals surface area contributed by atoms with Crippen molar-refractivity contribution in [2.45, 2.75) is 12.7 Å². The molecule has 2 aromatic rings. The largest absolute Gasteiger partial charge is 0.424 e. The Morgan fingerprint density at radius 2 is 1.96 bits per heavy atom. The molecule has 0 radical (unpaired) electrons. The molecule has 0 aromatic heterocycles. The number of hydrogen-bond donors (Lipinski definition) is 0. The van der Waals surface area contributed by atoms with E-state index in [-0.39, 0.29) is 5.12 Å². The Morgan fingerprint density at radius 3 is 2.61 bits per heavy atom. The standard InChI is InChI=1S/C19H12Br2ClNO3S2/c1-10(24)26-17-13(20)6-11(7-14(17)21)8-16-18(25)28-19(23-16)27-9-12-4-2-3-5-15(12)22/h2-8H,9H2,1H3. The van der Waals surface area contributed by atoms with E-state index in [1.165, 1.54) is 18.7 Å². The third kappa shape index (κ3) is 5.51. The third-order valence-corrected chi connectivity index (χ3v) is 7.08. The molecule has 0 N–H and O–H groups in total. The fraction of sp³-hybridized carbons (Fsp3) is 0.105. The fourth-order valence-corrected chi connectivity index (χ4v) is 5.78. The van der Waals surface area contributed by atoms with Gasteiger partial charge in [-0.05, 0) is 79.0 Å². The van der Waals surface area contributed by atoms with Crippen molar-refractivity contribution in [3.8, 4) is 5.75 Å². The van der Waals surface area contributed by atoms with Gasteiger partial charge in [-0.25, -0.2) is 4.99 Å². The van der Waals surface area contributed by atoms with Crippen LogP contribution in [0.15, 0.2) is 56.0 Å². The molecule has 3 rings (SSSR count). The highest BCUT2D eigenvalue weighted by molar-refractivity contribution is 9.11. The smallest absolute Gasteiger partial charge is 0.308 e. The minimum Gasteiger partial charge on any atom is -0.424 e. The molecule has 144 valence electrons. The quantitative estimate of drug-likeness (QED) is 0.236. The first kappa shape index (κ1) is 21.6. The summed E-state index contributed by atoms with van der Waals surface area (Å²) in [7, 11) is 0. The van der Waals surface area contributed by atoms with E-state index in [4.69, 9.17) is 16.3 Å². The second-order valence-electron chi connectivity index (χ2n) is 5.58. The van der Waals surface area contributed by atoms with E-state index in [9.17, 15) is 9.59 Å².